The molecule has 1 unspecified atom stereocenters. The van der Waals surface area contributed by atoms with Crippen LogP contribution in [0, 0.1) is 5.82 Å². The van der Waals surface area contributed by atoms with E-state index in [-0.39, 0.29) is 16.9 Å². The van der Waals surface area contributed by atoms with Crippen molar-refractivity contribution in [1.82, 2.24) is 29.6 Å². The lowest BCUT2D eigenvalue weighted by Crippen LogP contribution is -2.46. The highest BCUT2D eigenvalue weighted by Gasteiger charge is 2.48. The lowest BCUT2D eigenvalue weighted by atomic mass is 9.91. The lowest BCUT2D eigenvalue weighted by Gasteiger charge is -2.20. The van der Waals surface area contributed by atoms with E-state index in [0.717, 1.165) is 29.4 Å². The standard InChI is InChI=1S/C31H29FN6O2/c1-4-25(29(40)37(2)3)36-28(39)23-9-7-19(15-24(23)32)21-16-34-30-35-17-27(38(30)18-21)31(11-12-31)22-8-10-26-20(14-22)6-5-13-33-26/h5-10,13-18,25H,4,11-12H2,1-3H3,(H,36,39). The molecule has 5 aromatic rings. The summed E-state index contributed by atoms with van der Waals surface area (Å²) in [6.45, 7) is 1.79. The van der Waals surface area contributed by atoms with Crippen molar-refractivity contribution in [3.63, 3.8) is 0 Å². The van der Waals surface area contributed by atoms with E-state index in [0.29, 0.717) is 23.3 Å². The highest BCUT2D eigenvalue weighted by Crippen LogP contribution is 2.53. The minimum atomic E-state index is -0.721. The molecule has 0 bridgehead atoms. The maximum absolute atomic E-state index is 15.2. The zero-order valence-corrected chi connectivity index (χ0v) is 22.6. The Morgan fingerprint density at radius 1 is 1.05 bits per heavy atom. The second-order valence-corrected chi connectivity index (χ2v) is 10.5. The molecule has 2 aromatic carbocycles. The fraction of sp³-hybridized carbons (Fsp3) is 0.258. The van der Waals surface area contributed by atoms with E-state index in [9.17, 15) is 9.59 Å². The Kier molecular flexibility index (Phi) is 6.29. The van der Waals surface area contributed by atoms with Gasteiger partial charge >= 0.3 is 0 Å². The van der Waals surface area contributed by atoms with Gasteiger partial charge in [-0.05, 0) is 60.7 Å². The molecular weight excluding hydrogens is 507 g/mol. The molecule has 0 radical (unpaired) electrons. The smallest absolute Gasteiger partial charge is 0.254 e. The third kappa shape index (κ3) is 4.37. The Bertz CT molecular complexity index is 1770. The van der Waals surface area contributed by atoms with Crippen LogP contribution in [0.2, 0.25) is 0 Å². The van der Waals surface area contributed by atoms with Gasteiger partial charge in [-0.15, -0.1) is 0 Å². The van der Waals surface area contributed by atoms with E-state index in [1.165, 1.54) is 22.6 Å². The molecule has 2 amide bonds. The maximum Gasteiger partial charge on any atom is 0.254 e. The van der Waals surface area contributed by atoms with Crippen molar-refractivity contribution in [3.05, 3.63) is 96.0 Å². The number of imidazole rings is 1. The first-order valence-electron chi connectivity index (χ1n) is 13.3. The fourth-order valence-corrected chi connectivity index (χ4v) is 5.33. The number of likely N-dealkylation sites (N-methyl/N-ethyl adjacent to an activating group) is 1. The molecule has 3 aromatic heterocycles. The summed E-state index contributed by atoms with van der Waals surface area (Å²) in [5.41, 5.74) is 4.20. The number of carbonyl (C=O) groups is 2. The van der Waals surface area contributed by atoms with Crippen molar-refractivity contribution in [2.24, 2.45) is 0 Å². The van der Waals surface area contributed by atoms with Crippen molar-refractivity contribution in [2.75, 3.05) is 14.1 Å². The summed E-state index contributed by atoms with van der Waals surface area (Å²) in [7, 11) is 3.24. The monoisotopic (exact) mass is 536 g/mol. The molecule has 1 aliphatic rings. The number of hydrogen-bond acceptors (Lipinski definition) is 5. The molecule has 3 heterocycles. The number of benzene rings is 2. The van der Waals surface area contributed by atoms with Gasteiger partial charge < -0.3 is 10.2 Å². The molecule has 0 aliphatic heterocycles. The molecule has 6 rings (SSSR count). The molecule has 202 valence electrons. The van der Waals surface area contributed by atoms with Crippen LogP contribution in [0.5, 0.6) is 0 Å². The van der Waals surface area contributed by atoms with Gasteiger partial charge in [0.05, 0.1) is 23.0 Å². The van der Waals surface area contributed by atoms with Gasteiger partial charge in [0, 0.05) is 49.1 Å². The van der Waals surface area contributed by atoms with Crippen LogP contribution in [-0.4, -0.2) is 56.2 Å². The highest BCUT2D eigenvalue weighted by molar-refractivity contribution is 5.98. The van der Waals surface area contributed by atoms with E-state index in [1.807, 2.05) is 22.9 Å². The third-order valence-corrected chi connectivity index (χ3v) is 7.76. The largest absolute Gasteiger partial charge is 0.347 e. The van der Waals surface area contributed by atoms with Gasteiger partial charge in [0.1, 0.15) is 11.9 Å². The number of pyridine rings is 1. The van der Waals surface area contributed by atoms with Crippen LogP contribution in [0.3, 0.4) is 0 Å². The highest BCUT2D eigenvalue weighted by atomic mass is 19.1. The molecule has 9 heteroatoms. The van der Waals surface area contributed by atoms with Crippen LogP contribution in [0.25, 0.3) is 27.8 Å². The Morgan fingerprint density at radius 2 is 1.85 bits per heavy atom. The van der Waals surface area contributed by atoms with Crippen molar-refractivity contribution >= 4 is 28.5 Å². The normalized spacial score (nSPS) is 14.7. The van der Waals surface area contributed by atoms with Gasteiger partial charge in [-0.2, -0.15) is 0 Å². The van der Waals surface area contributed by atoms with Crippen molar-refractivity contribution in [2.45, 2.75) is 37.6 Å². The van der Waals surface area contributed by atoms with Gasteiger partial charge in [0.25, 0.3) is 5.91 Å². The summed E-state index contributed by atoms with van der Waals surface area (Å²) < 4.78 is 17.2. The maximum atomic E-state index is 15.2. The number of halogens is 1. The zero-order chi connectivity index (χ0) is 28.0. The van der Waals surface area contributed by atoms with Gasteiger partial charge in [-0.25, -0.2) is 14.4 Å². The Balaban J connectivity index is 1.31. The van der Waals surface area contributed by atoms with Crippen LogP contribution in [0.15, 0.2) is 73.3 Å². The molecule has 1 fully saturated rings. The average Bonchev–Trinajstić information content (AvgIpc) is 3.66. The summed E-state index contributed by atoms with van der Waals surface area (Å²) in [5.74, 6) is -0.966. The van der Waals surface area contributed by atoms with Crippen LogP contribution >= 0.6 is 0 Å². The number of nitrogens with one attached hydrogen (secondary N) is 1. The predicted molar refractivity (Wildman–Crippen MR) is 150 cm³/mol. The molecule has 0 spiro atoms. The molecule has 8 nitrogen and oxygen atoms in total. The molecule has 1 saturated carbocycles. The summed E-state index contributed by atoms with van der Waals surface area (Å²) in [4.78, 5) is 40.0. The number of amides is 2. The Labute approximate surface area is 230 Å². The van der Waals surface area contributed by atoms with Gasteiger partial charge in [0.15, 0.2) is 0 Å². The Hall–Kier alpha value is -4.66. The topological polar surface area (TPSA) is 92.5 Å². The minimum absolute atomic E-state index is 0.117. The second-order valence-electron chi connectivity index (χ2n) is 10.5. The molecule has 1 atom stereocenters. The number of aromatic nitrogens is 4. The average molecular weight is 537 g/mol. The summed E-state index contributed by atoms with van der Waals surface area (Å²) >= 11 is 0. The van der Waals surface area contributed by atoms with Gasteiger partial charge in [0.2, 0.25) is 11.7 Å². The van der Waals surface area contributed by atoms with Gasteiger partial charge in [-0.1, -0.05) is 25.1 Å². The summed E-state index contributed by atoms with van der Waals surface area (Å²) in [6, 6.07) is 14.1. The first-order chi connectivity index (χ1) is 19.3. The van der Waals surface area contributed by atoms with Crippen LogP contribution in [0.1, 0.15) is 47.8 Å². The quantitative estimate of drug-likeness (QED) is 0.324. The lowest BCUT2D eigenvalue weighted by molar-refractivity contribution is -0.130. The minimum Gasteiger partial charge on any atom is -0.347 e. The SMILES string of the molecule is CCC(NC(=O)c1ccc(-c2cnc3ncc(C4(c5ccc6ncccc6c5)CC4)n3c2)cc1F)C(=O)N(C)C. The zero-order valence-electron chi connectivity index (χ0n) is 22.6. The second kappa shape index (κ2) is 9.82. The van der Waals surface area contributed by atoms with Gasteiger partial charge in [-0.3, -0.25) is 19.0 Å². The van der Waals surface area contributed by atoms with Crippen LogP contribution in [-0.2, 0) is 10.2 Å². The van der Waals surface area contributed by atoms with E-state index in [4.69, 9.17) is 0 Å². The summed E-state index contributed by atoms with van der Waals surface area (Å²) in [6.07, 6.45) is 9.63. The van der Waals surface area contributed by atoms with Crippen molar-refractivity contribution in [3.8, 4) is 11.1 Å². The van der Waals surface area contributed by atoms with E-state index < -0.39 is 17.8 Å². The molecular formula is C31H29FN6O2. The van der Waals surface area contributed by atoms with E-state index in [1.54, 1.807) is 39.5 Å². The first kappa shape index (κ1) is 25.6. The fourth-order valence-electron chi connectivity index (χ4n) is 5.33. The predicted octanol–water partition coefficient (Wildman–Crippen LogP) is 4.76. The molecule has 1 N–H and O–H groups in total. The van der Waals surface area contributed by atoms with E-state index in [2.05, 4.69) is 44.5 Å². The number of hydrogen-bond donors (Lipinski definition) is 1. The van der Waals surface area contributed by atoms with Crippen LogP contribution < -0.4 is 5.32 Å². The summed E-state index contributed by atoms with van der Waals surface area (Å²) in [5, 5.41) is 3.74. The van der Waals surface area contributed by atoms with Crippen molar-refractivity contribution in [1.29, 1.82) is 0 Å². The molecule has 40 heavy (non-hydrogen) atoms. The number of fused-ring (bicyclic) bond motifs is 2. The molecule has 0 saturated heterocycles. The van der Waals surface area contributed by atoms with Crippen molar-refractivity contribution < 1.29 is 14.0 Å². The third-order valence-electron chi connectivity index (χ3n) is 7.76. The molecule has 1 aliphatic carbocycles. The Morgan fingerprint density at radius 3 is 2.58 bits per heavy atom. The number of carbonyl (C=O) groups excluding carboxylic acids is 2. The number of nitrogens with zero attached hydrogens (tertiary/aromatic N) is 5. The number of rotatable bonds is 7. The van der Waals surface area contributed by atoms with E-state index >= 15 is 4.39 Å². The van der Waals surface area contributed by atoms with Crippen LogP contribution in [0.4, 0.5) is 4.39 Å². The first-order valence-corrected chi connectivity index (χ1v) is 13.3.